The summed E-state index contributed by atoms with van der Waals surface area (Å²) < 4.78 is 15.7. The quantitative estimate of drug-likeness (QED) is 0.858. The molecule has 0 bridgehead atoms. The summed E-state index contributed by atoms with van der Waals surface area (Å²) >= 11 is 1.59. The molecule has 0 aliphatic heterocycles. The van der Waals surface area contributed by atoms with E-state index in [1.54, 1.807) is 32.0 Å². The van der Waals surface area contributed by atoms with Gasteiger partial charge in [0.05, 0.1) is 19.1 Å². The smallest absolute Gasteiger partial charge is 0.222 e. The van der Waals surface area contributed by atoms with E-state index in [2.05, 4.69) is 5.16 Å². The van der Waals surface area contributed by atoms with E-state index < -0.39 is 0 Å². The van der Waals surface area contributed by atoms with Crippen LogP contribution in [0, 0.1) is 0 Å². The first-order valence-corrected chi connectivity index (χ1v) is 6.45. The zero-order chi connectivity index (χ0) is 13.1. The maximum Gasteiger partial charge on any atom is 0.222 e. The number of nitrogens with zero attached hydrogens (tertiary/aromatic N) is 1. The average Bonchev–Trinajstić information content (AvgIpc) is 2.83. The van der Waals surface area contributed by atoms with E-state index in [0.717, 1.165) is 10.5 Å². The highest BCUT2D eigenvalue weighted by molar-refractivity contribution is 7.98. The molecule has 2 aromatic rings. The summed E-state index contributed by atoms with van der Waals surface area (Å²) in [5, 5.41) is 3.88. The molecule has 0 atom stereocenters. The second kappa shape index (κ2) is 5.22. The first-order chi connectivity index (χ1) is 8.71. The van der Waals surface area contributed by atoms with E-state index in [4.69, 9.17) is 19.7 Å². The molecule has 0 radical (unpaired) electrons. The van der Waals surface area contributed by atoms with Crippen molar-refractivity contribution in [2.45, 2.75) is 4.90 Å². The number of rotatable bonds is 4. The van der Waals surface area contributed by atoms with Gasteiger partial charge in [-0.25, -0.2) is 0 Å². The Balaban J connectivity index is 2.61. The van der Waals surface area contributed by atoms with E-state index in [0.29, 0.717) is 17.2 Å². The lowest BCUT2D eigenvalue weighted by Gasteiger charge is -2.14. The first kappa shape index (κ1) is 12.6. The summed E-state index contributed by atoms with van der Waals surface area (Å²) in [7, 11) is 3.20. The Kier molecular flexibility index (Phi) is 3.66. The monoisotopic (exact) mass is 266 g/mol. The third-order valence-electron chi connectivity index (χ3n) is 2.51. The molecule has 18 heavy (non-hydrogen) atoms. The lowest BCUT2D eigenvalue weighted by Crippen LogP contribution is -1.95. The molecule has 0 saturated heterocycles. The molecular formula is C12H14N2O3S. The van der Waals surface area contributed by atoms with Crippen molar-refractivity contribution in [2.24, 2.45) is 0 Å². The van der Waals surface area contributed by atoms with Crippen LogP contribution in [0.4, 0.5) is 5.88 Å². The van der Waals surface area contributed by atoms with Gasteiger partial charge in [-0.1, -0.05) is 5.16 Å². The third kappa shape index (κ3) is 2.11. The standard InChI is InChI=1S/C12H14N2O3S/c1-15-11-7(8-6-10(13)17-14-8)4-5-9(18-3)12(11)16-2/h4-6H,13H2,1-3H3. The highest BCUT2D eigenvalue weighted by Crippen LogP contribution is 2.43. The van der Waals surface area contributed by atoms with Gasteiger partial charge in [-0.2, -0.15) is 0 Å². The van der Waals surface area contributed by atoms with Crippen LogP contribution in [-0.4, -0.2) is 25.6 Å². The number of methoxy groups -OCH3 is 2. The highest BCUT2D eigenvalue weighted by atomic mass is 32.2. The van der Waals surface area contributed by atoms with Crippen molar-refractivity contribution in [1.29, 1.82) is 0 Å². The first-order valence-electron chi connectivity index (χ1n) is 5.22. The molecule has 0 saturated carbocycles. The zero-order valence-electron chi connectivity index (χ0n) is 10.4. The van der Waals surface area contributed by atoms with E-state index in [-0.39, 0.29) is 5.88 Å². The van der Waals surface area contributed by atoms with Crippen molar-refractivity contribution in [3.8, 4) is 22.8 Å². The van der Waals surface area contributed by atoms with Crippen molar-refractivity contribution in [3.63, 3.8) is 0 Å². The Hall–Kier alpha value is -1.82. The van der Waals surface area contributed by atoms with Gasteiger partial charge in [-0.3, -0.25) is 0 Å². The number of ether oxygens (including phenoxy) is 2. The third-order valence-corrected chi connectivity index (χ3v) is 3.27. The van der Waals surface area contributed by atoms with Crippen LogP contribution in [0.2, 0.25) is 0 Å². The second-order valence-electron chi connectivity index (χ2n) is 3.50. The lowest BCUT2D eigenvalue weighted by atomic mass is 10.1. The van der Waals surface area contributed by atoms with Crippen molar-refractivity contribution in [3.05, 3.63) is 18.2 Å². The van der Waals surface area contributed by atoms with Gasteiger partial charge in [-0.05, 0) is 18.4 Å². The molecule has 0 fully saturated rings. The topological polar surface area (TPSA) is 70.5 Å². The fourth-order valence-corrected chi connectivity index (χ4v) is 2.28. The van der Waals surface area contributed by atoms with Crippen LogP contribution in [0.5, 0.6) is 11.5 Å². The molecule has 5 nitrogen and oxygen atoms in total. The Morgan fingerprint density at radius 1 is 1.22 bits per heavy atom. The molecule has 2 rings (SSSR count). The van der Waals surface area contributed by atoms with E-state index in [1.807, 2.05) is 18.4 Å². The molecule has 96 valence electrons. The van der Waals surface area contributed by atoms with Crippen LogP contribution in [0.1, 0.15) is 0 Å². The highest BCUT2D eigenvalue weighted by Gasteiger charge is 2.18. The summed E-state index contributed by atoms with van der Waals surface area (Å²) in [5.41, 5.74) is 6.93. The minimum Gasteiger partial charge on any atom is -0.492 e. The molecular weight excluding hydrogens is 252 g/mol. The normalized spacial score (nSPS) is 10.4. The molecule has 0 amide bonds. The van der Waals surface area contributed by atoms with Gasteiger partial charge in [0.15, 0.2) is 11.5 Å². The van der Waals surface area contributed by atoms with Crippen LogP contribution in [0.3, 0.4) is 0 Å². The summed E-state index contributed by atoms with van der Waals surface area (Å²) in [6, 6.07) is 5.51. The maximum atomic E-state index is 5.53. The number of nitrogen functional groups attached to an aromatic ring is 1. The molecule has 0 spiro atoms. The number of hydrogen-bond donors (Lipinski definition) is 1. The zero-order valence-corrected chi connectivity index (χ0v) is 11.2. The average molecular weight is 266 g/mol. The fourth-order valence-electron chi connectivity index (χ4n) is 1.72. The molecule has 1 heterocycles. The Labute approximate surface area is 109 Å². The molecule has 1 aromatic heterocycles. The number of thioether (sulfide) groups is 1. The second-order valence-corrected chi connectivity index (χ2v) is 4.34. The minimum absolute atomic E-state index is 0.264. The van der Waals surface area contributed by atoms with Crippen LogP contribution >= 0.6 is 11.8 Å². The SMILES string of the molecule is COc1c(SC)ccc(-c2cc(N)on2)c1OC. The Bertz CT molecular complexity index is 554. The molecule has 2 N–H and O–H groups in total. The number of aromatic nitrogens is 1. The molecule has 0 aliphatic carbocycles. The molecule has 0 unspecified atom stereocenters. The predicted octanol–water partition coefficient (Wildman–Crippen LogP) is 2.66. The van der Waals surface area contributed by atoms with Crippen molar-refractivity contribution in [2.75, 3.05) is 26.2 Å². The van der Waals surface area contributed by atoms with Gasteiger partial charge in [0.2, 0.25) is 5.88 Å². The largest absolute Gasteiger partial charge is 0.492 e. The summed E-state index contributed by atoms with van der Waals surface area (Å²) in [4.78, 5) is 0.995. The summed E-state index contributed by atoms with van der Waals surface area (Å²) in [6.07, 6.45) is 1.98. The lowest BCUT2D eigenvalue weighted by molar-refractivity contribution is 0.349. The summed E-state index contributed by atoms with van der Waals surface area (Å²) in [6.45, 7) is 0. The number of benzene rings is 1. The van der Waals surface area contributed by atoms with Crippen molar-refractivity contribution < 1.29 is 14.0 Å². The molecule has 6 heteroatoms. The van der Waals surface area contributed by atoms with Crippen LogP contribution < -0.4 is 15.2 Å². The van der Waals surface area contributed by atoms with Crippen molar-refractivity contribution >= 4 is 17.6 Å². The molecule has 1 aromatic carbocycles. The number of anilines is 1. The van der Waals surface area contributed by atoms with Crippen LogP contribution in [0.25, 0.3) is 11.3 Å². The Morgan fingerprint density at radius 3 is 2.44 bits per heavy atom. The van der Waals surface area contributed by atoms with Gasteiger partial charge in [0.25, 0.3) is 0 Å². The van der Waals surface area contributed by atoms with E-state index >= 15 is 0 Å². The van der Waals surface area contributed by atoms with Crippen LogP contribution in [-0.2, 0) is 0 Å². The van der Waals surface area contributed by atoms with Gasteiger partial charge in [-0.15, -0.1) is 11.8 Å². The van der Waals surface area contributed by atoms with Gasteiger partial charge in [0.1, 0.15) is 5.69 Å². The van der Waals surface area contributed by atoms with Gasteiger partial charge in [0, 0.05) is 11.6 Å². The number of nitrogens with two attached hydrogens (primary N) is 1. The minimum atomic E-state index is 0.264. The fraction of sp³-hybridized carbons (Fsp3) is 0.250. The van der Waals surface area contributed by atoms with Gasteiger partial charge >= 0.3 is 0 Å². The Morgan fingerprint density at radius 2 is 1.94 bits per heavy atom. The maximum absolute atomic E-state index is 5.53. The van der Waals surface area contributed by atoms with Crippen molar-refractivity contribution in [1.82, 2.24) is 5.16 Å². The summed E-state index contributed by atoms with van der Waals surface area (Å²) in [5.74, 6) is 1.57. The molecule has 0 aliphatic rings. The van der Waals surface area contributed by atoms with E-state index in [1.165, 1.54) is 0 Å². The van der Waals surface area contributed by atoms with E-state index in [9.17, 15) is 0 Å². The van der Waals surface area contributed by atoms with Crippen LogP contribution in [0.15, 0.2) is 27.6 Å². The predicted molar refractivity (Wildman–Crippen MR) is 71.2 cm³/mol. The van der Waals surface area contributed by atoms with Gasteiger partial charge < -0.3 is 19.7 Å². The number of hydrogen-bond acceptors (Lipinski definition) is 6.